The predicted octanol–water partition coefficient (Wildman–Crippen LogP) is 2.20. The van der Waals surface area contributed by atoms with Crippen molar-refractivity contribution in [2.75, 3.05) is 0 Å². The SMILES string of the molecule is CC(=O)c1cc(-c2cc(C)on2)n(O)c1C. The Kier molecular flexibility index (Phi) is 2.30. The Labute approximate surface area is 92.2 Å². The number of hydrogen-bond acceptors (Lipinski definition) is 4. The minimum absolute atomic E-state index is 0.0910. The molecule has 16 heavy (non-hydrogen) atoms. The van der Waals surface area contributed by atoms with Crippen molar-refractivity contribution in [1.82, 2.24) is 9.89 Å². The van der Waals surface area contributed by atoms with Gasteiger partial charge in [0.1, 0.15) is 17.1 Å². The standard InChI is InChI=1S/C11H12N2O3/c1-6-4-10(12-16-6)11-5-9(8(3)14)7(2)13(11)15/h4-5,15H,1-3H3. The van der Waals surface area contributed by atoms with Gasteiger partial charge in [-0.2, -0.15) is 4.73 Å². The lowest BCUT2D eigenvalue weighted by Crippen LogP contribution is -1.98. The molecule has 2 aromatic heterocycles. The van der Waals surface area contributed by atoms with E-state index in [1.807, 2.05) is 0 Å². The second-order valence-corrected chi connectivity index (χ2v) is 3.72. The Balaban J connectivity index is 2.58. The van der Waals surface area contributed by atoms with Crippen molar-refractivity contribution in [3.8, 4) is 11.4 Å². The minimum Gasteiger partial charge on any atom is -0.428 e. The van der Waals surface area contributed by atoms with E-state index in [0.29, 0.717) is 28.4 Å². The van der Waals surface area contributed by atoms with Crippen LogP contribution in [0.3, 0.4) is 0 Å². The van der Waals surface area contributed by atoms with E-state index >= 15 is 0 Å². The van der Waals surface area contributed by atoms with E-state index in [-0.39, 0.29) is 5.78 Å². The first kappa shape index (κ1) is 10.5. The van der Waals surface area contributed by atoms with Crippen LogP contribution < -0.4 is 0 Å². The van der Waals surface area contributed by atoms with Crippen LogP contribution in [0.5, 0.6) is 0 Å². The van der Waals surface area contributed by atoms with Gasteiger partial charge in [-0.3, -0.25) is 4.79 Å². The van der Waals surface area contributed by atoms with Gasteiger partial charge in [-0.15, -0.1) is 0 Å². The summed E-state index contributed by atoms with van der Waals surface area (Å²) in [5.41, 5.74) is 1.96. The molecule has 0 aliphatic heterocycles. The number of nitrogens with zero attached hydrogens (tertiary/aromatic N) is 2. The van der Waals surface area contributed by atoms with Crippen molar-refractivity contribution in [3.05, 3.63) is 29.2 Å². The summed E-state index contributed by atoms with van der Waals surface area (Å²) in [6, 6.07) is 3.31. The monoisotopic (exact) mass is 220 g/mol. The summed E-state index contributed by atoms with van der Waals surface area (Å²) in [5.74, 6) is 0.560. The molecule has 84 valence electrons. The highest BCUT2D eigenvalue weighted by Crippen LogP contribution is 2.24. The van der Waals surface area contributed by atoms with Crippen LogP contribution in [0.1, 0.15) is 28.7 Å². The molecule has 5 heteroatoms. The highest BCUT2D eigenvalue weighted by Gasteiger charge is 2.17. The number of ketones is 1. The van der Waals surface area contributed by atoms with Crippen LogP contribution in [-0.4, -0.2) is 20.9 Å². The van der Waals surface area contributed by atoms with Gasteiger partial charge < -0.3 is 9.73 Å². The third-order valence-corrected chi connectivity index (χ3v) is 2.49. The highest BCUT2D eigenvalue weighted by molar-refractivity contribution is 5.96. The van der Waals surface area contributed by atoms with E-state index in [9.17, 15) is 10.0 Å². The molecule has 0 aliphatic rings. The number of aromatic nitrogens is 2. The third kappa shape index (κ3) is 1.50. The van der Waals surface area contributed by atoms with Gasteiger partial charge >= 0.3 is 0 Å². The van der Waals surface area contributed by atoms with Crippen LogP contribution in [0.2, 0.25) is 0 Å². The molecule has 0 aliphatic carbocycles. The molecule has 0 saturated heterocycles. The summed E-state index contributed by atoms with van der Waals surface area (Å²) < 4.78 is 5.88. The first-order valence-corrected chi connectivity index (χ1v) is 4.87. The van der Waals surface area contributed by atoms with Crippen molar-refractivity contribution in [2.24, 2.45) is 0 Å². The second-order valence-electron chi connectivity index (χ2n) is 3.72. The lowest BCUT2D eigenvalue weighted by atomic mass is 10.2. The van der Waals surface area contributed by atoms with Gasteiger partial charge in [0.2, 0.25) is 0 Å². The molecule has 0 amide bonds. The Bertz CT molecular complexity index is 552. The van der Waals surface area contributed by atoms with Crippen LogP contribution in [0, 0.1) is 13.8 Å². The molecule has 2 rings (SSSR count). The zero-order valence-corrected chi connectivity index (χ0v) is 9.31. The van der Waals surface area contributed by atoms with Crippen molar-refractivity contribution in [3.63, 3.8) is 0 Å². The van der Waals surface area contributed by atoms with Gasteiger partial charge in [0, 0.05) is 11.6 Å². The number of hydrogen-bond donors (Lipinski definition) is 1. The molecule has 0 unspecified atom stereocenters. The molecule has 0 bridgehead atoms. The van der Waals surface area contributed by atoms with Crippen LogP contribution in [0.25, 0.3) is 11.4 Å². The van der Waals surface area contributed by atoms with Crippen molar-refractivity contribution in [2.45, 2.75) is 20.8 Å². The first-order chi connectivity index (χ1) is 7.50. The number of carbonyl (C=O) groups is 1. The summed E-state index contributed by atoms with van der Waals surface area (Å²) in [7, 11) is 0. The van der Waals surface area contributed by atoms with E-state index in [2.05, 4.69) is 5.16 Å². The summed E-state index contributed by atoms with van der Waals surface area (Å²) in [6.45, 7) is 4.90. The Hall–Kier alpha value is -2.04. The molecule has 0 aromatic carbocycles. The average molecular weight is 220 g/mol. The van der Waals surface area contributed by atoms with Crippen LogP contribution in [-0.2, 0) is 0 Å². The molecular weight excluding hydrogens is 208 g/mol. The fraction of sp³-hybridized carbons (Fsp3) is 0.273. The lowest BCUT2D eigenvalue weighted by Gasteiger charge is -1.99. The van der Waals surface area contributed by atoms with Crippen LogP contribution in [0.4, 0.5) is 0 Å². The molecule has 0 spiro atoms. The quantitative estimate of drug-likeness (QED) is 0.622. The fourth-order valence-corrected chi connectivity index (χ4v) is 1.62. The van der Waals surface area contributed by atoms with E-state index < -0.39 is 0 Å². The third-order valence-electron chi connectivity index (χ3n) is 2.49. The highest BCUT2D eigenvalue weighted by atomic mass is 16.5. The van der Waals surface area contributed by atoms with Crippen molar-refractivity contribution in [1.29, 1.82) is 0 Å². The maximum Gasteiger partial charge on any atom is 0.161 e. The number of Topliss-reactive ketones (excluding diaryl/α,β-unsaturated/α-hetero) is 1. The molecule has 0 atom stereocenters. The van der Waals surface area contributed by atoms with Crippen LogP contribution >= 0.6 is 0 Å². The number of carbonyl (C=O) groups excluding carboxylic acids is 1. The molecular formula is C11H12N2O3. The molecule has 2 heterocycles. The maximum absolute atomic E-state index is 11.3. The molecule has 2 aromatic rings. The van der Waals surface area contributed by atoms with Gasteiger partial charge in [-0.1, -0.05) is 5.16 Å². The van der Waals surface area contributed by atoms with Gasteiger partial charge in [-0.25, -0.2) is 0 Å². The van der Waals surface area contributed by atoms with E-state index in [1.165, 1.54) is 6.92 Å². The zero-order chi connectivity index (χ0) is 11.9. The topological polar surface area (TPSA) is 68.3 Å². The van der Waals surface area contributed by atoms with Crippen molar-refractivity contribution < 1.29 is 14.5 Å². The smallest absolute Gasteiger partial charge is 0.161 e. The maximum atomic E-state index is 11.3. The zero-order valence-electron chi connectivity index (χ0n) is 9.31. The van der Waals surface area contributed by atoms with E-state index in [1.54, 1.807) is 26.0 Å². The summed E-state index contributed by atoms with van der Waals surface area (Å²) >= 11 is 0. The van der Waals surface area contributed by atoms with Gasteiger partial charge in [0.05, 0.1) is 5.69 Å². The summed E-state index contributed by atoms with van der Waals surface area (Å²) in [4.78, 5) is 11.3. The molecule has 0 saturated carbocycles. The van der Waals surface area contributed by atoms with Gasteiger partial charge in [0.15, 0.2) is 5.78 Å². The van der Waals surface area contributed by atoms with Gasteiger partial charge in [0.25, 0.3) is 0 Å². The molecule has 1 N–H and O–H groups in total. The second kappa shape index (κ2) is 3.52. The normalized spacial score (nSPS) is 10.7. The predicted molar refractivity (Wildman–Crippen MR) is 56.6 cm³/mol. The van der Waals surface area contributed by atoms with Gasteiger partial charge in [-0.05, 0) is 26.8 Å². The lowest BCUT2D eigenvalue weighted by molar-refractivity contribution is 0.101. The Morgan fingerprint density at radius 3 is 2.56 bits per heavy atom. The Morgan fingerprint density at radius 2 is 2.12 bits per heavy atom. The molecule has 0 fully saturated rings. The Morgan fingerprint density at radius 1 is 1.44 bits per heavy atom. The number of rotatable bonds is 2. The van der Waals surface area contributed by atoms with E-state index in [4.69, 9.17) is 4.52 Å². The molecule has 5 nitrogen and oxygen atoms in total. The molecule has 0 radical (unpaired) electrons. The summed E-state index contributed by atoms with van der Waals surface area (Å²) in [5, 5.41) is 13.6. The van der Waals surface area contributed by atoms with Crippen LogP contribution in [0.15, 0.2) is 16.7 Å². The number of aryl methyl sites for hydroxylation is 1. The first-order valence-electron chi connectivity index (χ1n) is 4.87. The minimum atomic E-state index is -0.0910. The summed E-state index contributed by atoms with van der Waals surface area (Å²) in [6.07, 6.45) is 0. The van der Waals surface area contributed by atoms with Crippen molar-refractivity contribution >= 4 is 5.78 Å². The average Bonchev–Trinajstić information content (AvgIpc) is 2.74. The largest absolute Gasteiger partial charge is 0.428 e. The van der Waals surface area contributed by atoms with E-state index in [0.717, 1.165) is 4.73 Å². The fourth-order valence-electron chi connectivity index (χ4n) is 1.62.